The average molecular weight is 501 g/mol. The fraction of sp³-hybridized carbons (Fsp3) is 0.435. The molecule has 2 aromatic rings. The molecule has 3 atom stereocenters. The molecule has 0 saturated carbocycles. The van der Waals surface area contributed by atoms with Crippen molar-refractivity contribution in [2.24, 2.45) is 11.5 Å². The number of unbranched alkanes of at least 4 members (excludes halogenated alkanes) is 1. The van der Waals surface area contributed by atoms with Crippen LogP contribution in [0.5, 0.6) is 0 Å². The predicted octanol–water partition coefficient (Wildman–Crippen LogP) is 0.555. The van der Waals surface area contributed by atoms with Crippen LogP contribution in [0.1, 0.15) is 57.6 Å². The topological polar surface area (TPSA) is 179 Å². The molecule has 1 fully saturated rings. The third-order valence-electron chi connectivity index (χ3n) is 5.76. The van der Waals surface area contributed by atoms with Gasteiger partial charge in [0.05, 0.1) is 6.04 Å². The molecular formula is C23H32N8O3S. The van der Waals surface area contributed by atoms with Crippen molar-refractivity contribution in [2.45, 2.75) is 43.8 Å². The van der Waals surface area contributed by atoms with Crippen LogP contribution in [-0.4, -0.2) is 65.8 Å². The predicted molar refractivity (Wildman–Crippen MR) is 134 cm³/mol. The van der Waals surface area contributed by atoms with Crippen molar-refractivity contribution in [1.29, 1.82) is 5.41 Å². The van der Waals surface area contributed by atoms with Crippen molar-refractivity contribution in [3.8, 4) is 0 Å². The molecule has 0 bridgehead atoms. The molecule has 188 valence electrons. The summed E-state index contributed by atoms with van der Waals surface area (Å²) >= 11 is 1.30. The number of rotatable bonds is 10. The van der Waals surface area contributed by atoms with Crippen LogP contribution in [0.15, 0.2) is 35.7 Å². The van der Waals surface area contributed by atoms with E-state index >= 15 is 0 Å². The summed E-state index contributed by atoms with van der Waals surface area (Å²) in [4.78, 5) is 44.4. The number of nitrogens with two attached hydrogens (primary N) is 2. The number of likely N-dealkylation sites (tertiary alicyclic amines) is 1. The fourth-order valence-corrected chi connectivity index (χ4v) is 4.91. The molecule has 12 heteroatoms. The molecule has 11 nitrogen and oxygen atoms in total. The maximum atomic E-state index is 13.1. The first-order valence-electron chi connectivity index (χ1n) is 11.5. The van der Waals surface area contributed by atoms with Gasteiger partial charge in [0, 0.05) is 37.1 Å². The van der Waals surface area contributed by atoms with Crippen LogP contribution in [-0.2, 0) is 4.79 Å². The lowest BCUT2D eigenvalue weighted by Gasteiger charge is -2.23. The van der Waals surface area contributed by atoms with E-state index in [-0.39, 0.29) is 35.6 Å². The van der Waals surface area contributed by atoms with Crippen LogP contribution in [0, 0.1) is 5.41 Å². The van der Waals surface area contributed by atoms with Gasteiger partial charge in [-0.15, -0.1) is 11.3 Å². The number of thiazole rings is 1. The molecular weight excluding hydrogens is 468 g/mol. The Morgan fingerprint density at radius 1 is 1.26 bits per heavy atom. The second-order valence-corrected chi connectivity index (χ2v) is 9.27. The number of guanidine groups is 1. The van der Waals surface area contributed by atoms with Gasteiger partial charge in [-0.1, -0.05) is 18.2 Å². The van der Waals surface area contributed by atoms with Gasteiger partial charge in [0.25, 0.3) is 11.8 Å². The summed E-state index contributed by atoms with van der Waals surface area (Å²) in [5.74, 6) is -0.975. The molecule has 1 aliphatic heterocycles. The van der Waals surface area contributed by atoms with Gasteiger partial charge in [0.15, 0.2) is 5.96 Å². The van der Waals surface area contributed by atoms with Crippen molar-refractivity contribution < 1.29 is 14.4 Å². The van der Waals surface area contributed by atoms with Crippen LogP contribution >= 0.6 is 11.3 Å². The van der Waals surface area contributed by atoms with Gasteiger partial charge in [-0.05, 0) is 37.8 Å². The number of carbonyl (C=O) groups excluding carboxylic acids is 3. The minimum atomic E-state index is -0.717. The number of carbonyl (C=O) groups is 3. The van der Waals surface area contributed by atoms with Gasteiger partial charge in [0.2, 0.25) is 5.91 Å². The third kappa shape index (κ3) is 6.99. The molecule has 3 rings (SSSR count). The van der Waals surface area contributed by atoms with Crippen LogP contribution < -0.4 is 27.4 Å². The summed E-state index contributed by atoms with van der Waals surface area (Å²) in [7, 11) is 1.52. The Bertz CT molecular complexity index is 1040. The van der Waals surface area contributed by atoms with E-state index < -0.39 is 11.9 Å². The normalized spacial score (nSPS) is 18.1. The highest BCUT2D eigenvalue weighted by Crippen LogP contribution is 2.34. The second-order valence-electron chi connectivity index (χ2n) is 8.38. The molecule has 0 aliphatic carbocycles. The summed E-state index contributed by atoms with van der Waals surface area (Å²) < 4.78 is 0. The van der Waals surface area contributed by atoms with Gasteiger partial charge in [0.1, 0.15) is 16.7 Å². The first kappa shape index (κ1) is 26.1. The Morgan fingerprint density at radius 3 is 2.69 bits per heavy atom. The van der Waals surface area contributed by atoms with Gasteiger partial charge < -0.3 is 32.3 Å². The maximum absolute atomic E-state index is 13.1. The highest BCUT2D eigenvalue weighted by atomic mass is 32.1. The fourth-order valence-electron chi connectivity index (χ4n) is 3.99. The van der Waals surface area contributed by atoms with E-state index in [2.05, 4.69) is 20.9 Å². The summed E-state index contributed by atoms with van der Waals surface area (Å²) in [6.07, 6.45) is 2.33. The molecule has 1 saturated heterocycles. The van der Waals surface area contributed by atoms with Crippen molar-refractivity contribution in [3.63, 3.8) is 0 Å². The van der Waals surface area contributed by atoms with Crippen molar-refractivity contribution in [2.75, 3.05) is 20.1 Å². The van der Waals surface area contributed by atoms with E-state index in [1.807, 2.05) is 18.2 Å². The number of benzene rings is 1. The van der Waals surface area contributed by atoms with E-state index in [0.29, 0.717) is 49.3 Å². The Hall–Kier alpha value is -3.51. The quantitative estimate of drug-likeness (QED) is 0.157. The Morgan fingerprint density at radius 2 is 2.00 bits per heavy atom. The minimum absolute atomic E-state index is 0.104. The minimum Gasteiger partial charge on any atom is -0.370 e. The largest absolute Gasteiger partial charge is 0.370 e. The molecule has 1 aromatic carbocycles. The van der Waals surface area contributed by atoms with E-state index in [0.717, 1.165) is 0 Å². The second kappa shape index (κ2) is 12.3. The first-order chi connectivity index (χ1) is 16.8. The molecule has 1 aliphatic rings. The Labute approximate surface area is 208 Å². The van der Waals surface area contributed by atoms with Crippen LogP contribution in [0.2, 0.25) is 0 Å². The zero-order valence-electron chi connectivity index (χ0n) is 19.6. The molecule has 35 heavy (non-hydrogen) atoms. The van der Waals surface area contributed by atoms with Crippen LogP contribution in [0.3, 0.4) is 0 Å². The van der Waals surface area contributed by atoms with Crippen LogP contribution in [0.25, 0.3) is 0 Å². The highest BCUT2D eigenvalue weighted by molar-refractivity contribution is 7.09. The maximum Gasteiger partial charge on any atom is 0.271 e. The Balaban J connectivity index is 1.65. The number of aromatic nitrogens is 1. The lowest BCUT2D eigenvalue weighted by molar-refractivity contribution is -0.122. The number of likely N-dealkylation sites (N-methyl/N-ethyl adjacent to an activating group) is 1. The summed E-state index contributed by atoms with van der Waals surface area (Å²) in [6.45, 7) is 0.928. The molecule has 0 radical (unpaired) electrons. The molecule has 8 N–H and O–H groups in total. The van der Waals surface area contributed by atoms with Crippen molar-refractivity contribution >= 4 is 35.0 Å². The Kier molecular flexibility index (Phi) is 9.15. The zero-order chi connectivity index (χ0) is 25.4. The lowest BCUT2D eigenvalue weighted by atomic mass is 10.1. The summed E-state index contributed by atoms with van der Waals surface area (Å²) in [5.41, 5.74) is 12.2. The van der Waals surface area contributed by atoms with E-state index in [4.69, 9.17) is 16.9 Å². The molecule has 0 spiro atoms. The molecule has 1 aromatic heterocycles. The number of hydrogen-bond donors (Lipinski definition) is 6. The lowest BCUT2D eigenvalue weighted by Crippen LogP contribution is -2.45. The van der Waals surface area contributed by atoms with Gasteiger partial charge in [-0.3, -0.25) is 19.8 Å². The summed E-state index contributed by atoms with van der Waals surface area (Å²) in [6, 6.07) is 7.80. The number of hydrogen-bond acceptors (Lipinski definition) is 7. The highest BCUT2D eigenvalue weighted by Gasteiger charge is 2.37. The molecule has 3 amide bonds. The number of nitrogens with zero attached hydrogens (tertiary/aromatic N) is 2. The number of nitrogens with one attached hydrogen (secondary N) is 4. The zero-order valence-corrected chi connectivity index (χ0v) is 20.4. The first-order valence-corrected chi connectivity index (χ1v) is 12.4. The molecule has 2 heterocycles. The smallest absolute Gasteiger partial charge is 0.271 e. The summed E-state index contributed by atoms with van der Waals surface area (Å²) in [5, 5.41) is 17.5. The third-order valence-corrected chi connectivity index (χ3v) is 6.70. The van der Waals surface area contributed by atoms with Gasteiger partial charge >= 0.3 is 0 Å². The average Bonchev–Trinajstić information content (AvgIpc) is 3.49. The van der Waals surface area contributed by atoms with Crippen LogP contribution in [0.4, 0.5) is 0 Å². The standard InChI is InChI=1S/C23H32N8O3S/c1-27-19(32)16(9-5-6-10-28-23(25)26)29-20(33)17-13-35-21(30-17)18-11-15(24)12-31(18)22(34)14-7-3-2-4-8-14/h2-4,7-8,13,15-16,18H,5-6,9-12,24H2,1H3,(H,27,32)(H,29,33)(H4,25,26,28)/t15-,16+,18+/m1/s1. The number of amides is 3. The SMILES string of the molecule is CNC(=O)[C@H](CCCCNC(=N)N)NC(=O)c1csc([C@@H]2C[C@@H](N)CN2C(=O)c2ccccc2)n1. The van der Waals surface area contributed by atoms with Gasteiger partial charge in [-0.2, -0.15) is 0 Å². The van der Waals surface area contributed by atoms with Crippen molar-refractivity contribution in [1.82, 2.24) is 25.8 Å². The van der Waals surface area contributed by atoms with Gasteiger partial charge in [-0.25, -0.2) is 4.98 Å². The van der Waals surface area contributed by atoms with Crippen molar-refractivity contribution in [3.05, 3.63) is 52.0 Å². The monoisotopic (exact) mass is 500 g/mol. The van der Waals surface area contributed by atoms with E-state index in [1.165, 1.54) is 18.4 Å². The van der Waals surface area contributed by atoms with E-state index in [9.17, 15) is 14.4 Å². The molecule has 0 unspecified atom stereocenters. The van der Waals surface area contributed by atoms with E-state index in [1.54, 1.807) is 22.4 Å².